The molecule has 0 bridgehead atoms. The molecule has 4 heterocycles. The number of fused-ring (bicyclic) bond motifs is 2. The van der Waals surface area contributed by atoms with Crippen LogP contribution in [0.5, 0.6) is 0 Å². The summed E-state index contributed by atoms with van der Waals surface area (Å²) in [4.78, 5) is 36.9. The average molecular weight is 558 g/mol. The normalized spacial score (nSPS) is 11.8. The van der Waals surface area contributed by atoms with Gasteiger partial charge in [0, 0.05) is 24.5 Å². The Hall–Kier alpha value is -5.76. The number of nitrogens with zero attached hydrogens (tertiary/aromatic N) is 7. The Labute approximate surface area is 240 Å². The lowest BCUT2D eigenvalue weighted by Gasteiger charge is -2.20. The highest BCUT2D eigenvalue weighted by molar-refractivity contribution is 6.04. The molecular formula is C31H27N9O2. The maximum absolute atomic E-state index is 14.2. The number of aryl methyl sites for hydroxylation is 2. The van der Waals surface area contributed by atoms with Gasteiger partial charge >= 0.3 is 0 Å². The van der Waals surface area contributed by atoms with Crippen molar-refractivity contribution in [2.75, 3.05) is 5.73 Å². The van der Waals surface area contributed by atoms with Crippen LogP contribution in [0.4, 0.5) is 5.82 Å². The van der Waals surface area contributed by atoms with Gasteiger partial charge in [-0.05, 0) is 51.1 Å². The van der Waals surface area contributed by atoms with Crippen molar-refractivity contribution in [3.8, 4) is 17.5 Å². The number of hydrogen-bond donors (Lipinski definition) is 2. The van der Waals surface area contributed by atoms with Gasteiger partial charge in [-0.1, -0.05) is 36.1 Å². The molecule has 11 nitrogen and oxygen atoms in total. The zero-order valence-electron chi connectivity index (χ0n) is 23.5. The van der Waals surface area contributed by atoms with Gasteiger partial charge in [-0.15, -0.1) is 5.10 Å². The molecule has 0 saturated carbocycles. The van der Waals surface area contributed by atoms with Gasteiger partial charge in [0.1, 0.15) is 11.4 Å². The SMILES string of the molecule is Cc1c(C#Cc2cccc3nc(C(C)NC(=O)c4c(N)nn5c(C)ccnc45)n(-c4ccccc4)c(=O)c23)cnn1C. The number of carbonyl (C=O) groups is 1. The van der Waals surface area contributed by atoms with Crippen molar-refractivity contribution >= 4 is 28.3 Å². The fourth-order valence-electron chi connectivity index (χ4n) is 4.85. The molecule has 2 aromatic carbocycles. The number of benzene rings is 2. The second kappa shape index (κ2) is 10.3. The van der Waals surface area contributed by atoms with Crippen molar-refractivity contribution in [2.24, 2.45) is 7.05 Å². The fourth-order valence-corrected chi connectivity index (χ4v) is 4.85. The van der Waals surface area contributed by atoms with Crippen LogP contribution in [0.15, 0.2) is 71.8 Å². The molecule has 0 spiro atoms. The van der Waals surface area contributed by atoms with Crippen LogP contribution >= 0.6 is 0 Å². The topological polar surface area (TPSA) is 138 Å². The van der Waals surface area contributed by atoms with Crippen LogP contribution in [0.3, 0.4) is 0 Å². The van der Waals surface area contributed by atoms with Gasteiger partial charge in [-0.3, -0.25) is 18.8 Å². The van der Waals surface area contributed by atoms with Crippen LogP contribution in [0.25, 0.3) is 22.2 Å². The molecule has 42 heavy (non-hydrogen) atoms. The monoisotopic (exact) mass is 557 g/mol. The molecule has 0 aliphatic rings. The van der Waals surface area contributed by atoms with E-state index in [0.29, 0.717) is 33.6 Å². The minimum atomic E-state index is -0.693. The number of nitrogens with one attached hydrogen (secondary N) is 1. The Morgan fingerprint density at radius 2 is 1.79 bits per heavy atom. The predicted octanol–water partition coefficient (Wildman–Crippen LogP) is 3.25. The number of amides is 1. The van der Waals surface area contributed by atoms with E-state index in [-0.39, 0.29) is 16.9 Å². The lowest BCUT2D eigenvalue weighted by Crippen LogP contribution is -2.33. The minimum absolute atomic E-state index is 0.0560. The van der Waals surface area contributed by atoms with Crippen LogP contribution in [-0.4, -0.2) is 39.8 Å². The van der Waals surface area contributed by atoms with Crippen molar-refractivity contribution in [2.45, 2.75) is 26.8 Å². The highest BCUT2D eigenvalue weighted by atomic mass is 16.2. The smallest absolute Gasteiger partial charge is 0.267 e. The third-order valence-electron chi connectivity index (χ3n) is 7.20. The summed E-state index contributed by atoms with van der Waals surface area (Å²) in [7, 11) is 1.85. The third-order valence-corrected chi connectivity index (χ3v) is 7.20. The van der Waals surface area contributed by atoms with Crippen molar-refractivity contribution in [1.82, 2.24) is 39.2 Å². The first-order chi connectivity index (χ1) is 20.2. The van der Waals surface area contributed by atoms with Crippen LogP contribution in [0, 0.1) is 25.7 Å². The third kappa shape index (κ3) is 4.45. The maximum atomic E-state index is 14.2. The Bertz CT molecular complexity index is 2130. The van der Waals surface area contributed by atoms with Gasteiger partial charge in [0.25, 0.3) is 11.5 Å². The molecule has 0 radical (unpaired) electrons. The number of aromatic nitrogens is 7. The summed E-state index contributed by atoms with van der Waals surface area (Å²) in [5.74, 6) is 6.21. The molecular weight excluding hydrogens is 530 g/mol. The van der Waals surface area contributed by atoms with Crippen LogP contribution in [-0.2, 0) is 7.05 Å². The van der Waals surface area contributed by atoms with Crippen molar-refractivity contribution < 1.29 is 4.79 Å². The lowest BCUT2D eigenvalue weighted by molar-refractivity contribution is 0.0940. The molecule has 4 aromatic heterocycles. The molecule has 6 rings (SSSR count). The predicted molar refractivity (Wildman–Crippen MR) is 159 cm³/mol. The molecule has 0 aliphatic carbocycles. The van der Waals surface area contributed by atoms with E-state index in [1.165, 1.54) is 9.08 Å². The number of anilines is 1. The molecule has 0 saturated heterocycles. The summed E-state index contributed by atoms with van der Waals surface area (Å²) < 4.78 is 4.78. The zero-order valence-corrected chi connectivity index (χ0v) is 23.5. The summed E-state index contributed by atoms with van der Waals surface area (Å²) in [5.41, 5.74) is 10.4. The van der Waals surface area contributed by atoms with Crippen molar-refractivity contribution in [3.63, 3.8) is 0 Å². The molecule has 3 N–H and O–H groups in total. The summed E-state index contributed by atoms with van der Waals surface area (Å²) in [6.45, 7) is 5.55. The van der Waals surface area contributed by atoms with Gasteiger partial charge in [0.05, 0.1) is 40.1 Å². The van der Waals surface area contributed by atoms with E-state index in [4.69, 9.17) is 10.7 Å². The highest BCUT2D eigenvalue weighted by Gasteiger charge is 2.25. The number of nitrogen functional groups attached to an aromatic ring is 1. The average Bonchev–Trinajstić information content (AvgIpc) is 3.50. The maximum Gasteiger partial charge on any atom is 0.267 e. The Kier molecular flexibility index (Phi) is 6.51. The van der Waals surface area contributed by atoms with E-state index in [2.05, 4.69) is 32.3 Å². The molecule has 1 amide bonds. The molecule has 6 aromatic rings. The van der Waals surface area contributed by atoms with Crippen LogP contribution in [0.2, 0.25) is 0 Å². The summed E-state index contributed by atoms with van der Waals surface area (Å²) in [6.07, 6.45) is 3.30. The molecule has 1 unspecified atom stereocenters. The van der Waals surface area contributed by atoms with Gasteiger partial charge in [-0.25, -0.2) is 14.5 Å². The van der Waals surface area contributed by atoms with E-state index in [0.717, 1.165) is 17.0 Å². The number of carbonyl (C=O) groups excluding carboxylic acids is 1. The summed E-state index contributed by atoms with van der Waals surface area (Å²) in [6, 6.07) is 15.6. The molecule has 11 heteroatoms. The Morgan fingerprint density at radius 1 is 1.02 bits per heavy atom. The van der Waals surface area contributed by atoms with Gasteiger partial charge in [-0.2, -0.15) is 5.10 Å². The number of hydrogen-bond acceptors (Lipinski definition) is 7. The van der Waals surface area contributed by atoms with Crippen molar-refractivity contribution in [1.29, 1.82) is 0 Å². The van der Waals surface area contributed by atoms with E-state index in [9.17, 15) is 9.59 Å². The Morgan fingerprint density at radius 3 is 2.52 bits per heavy atom. The second-order valence-electron chi connectivity index (χ2n) is 9.94. The summed E-state index contributed by atoms with van der Waals surface area (Å²) in [5, 5.41) is 11.8. The molecule has 0 aliphatic heterocycles. The quantitative estimate of drug-likeness (QED) is 0.317. The van der Waals surface area contributed by atoms with E-state index in [1.54, 1.807) is 42.2 Å². The fraction of sp³-hybridized carbons (Fsp3) is 0.161. The van der Waals surface area contributed by atoms with Crippen LogP contribution < -0.4 is 16.6 Å². The number of nitrogens with two attached hydrogens (primary N) is 1. The summed E-state index contributed by atoms with van der Waals surface area (Å²) >= 11 is 0. The Balaban J connectivity index is 1.48. The first-order valence-corrected chi connectivity index (χ1v) is 13.3. The second-order valence-corrected chi connectivity index (χ2v) is 9.94. The largest absolute Gasteiger partial charge is 0.381 e. The molecule has 208 valence electrons. The van der Waals surface area contributed by atoms with Gasteiger partial charge in [0.2, 0.25) is 0 Å². The lowest BCUT2D eigenvalue weighted by atomic mass is 10.1. The van der Waals surface area contributed by atoms with E-state index in [1.807, 2.05) is 57.3 Å². The van der Waals surface area contributed by atoms with Crippen LogP contribution in [0.1, 0.15) is 51.7 Å². The first kappa shape index (κ1) is 26.5. The number of rotatable bonds is 4. The van der Waals surface area contributed by atoms with Crippen molar-refractivity contribution in [3.05, 3.63) is 111 Å². The zero-order chi connectivity index (χ0) is 29.5. The first-order valence-electron chi connectivity index (χ1n) is 13.3. The number of para-hydroxylation sites is 1. The minimum Gasteiger partial charge on any atom is -0.381 e. The molecule has 1 atom stereocenters. The molecule has 0 fully saturated rings. The van der Waals surface area contributed by atoms with Gasteiger partial charge in [0.15, 0.2) is 11.5 Å². The highest BCUT2D eigenvalue weighted by Crippen LogP contribution is 2.22. The van der Waals surface area contributed by atoms with E-state index >= 15 is 0 Å². The standard InChI is InChI=1S/C31H27N9O2/c1-18-15-16-33-29-26(27(32)37-40(18)29)30(41)35-19(2)28-36-24-12-8-9-21(13-14-22-17-34-38(4)20(22)3)25(24)31(42)39(28)23-10-6-5-7-11-23/h5-12,15-17,19H,1-4H3,(H2,32,37)(H,35,41). The van der Waals surface area contributed by atoms with E-state index < -0.39 is 11.9 Å². The van der Waals surface area contributed by atoms with Gasteiger partial charge < -0.3 is 11.1 Å².